The fraction of sp³-hybridized carbons (Fsp3) is 0.143. The third-order valence-electron chi connectivity index (χ3n) is 3.36. The van der Waals surface area contributed by atoms with Gasteiger partial charge in [0.2, 0.25) is 0 Å². The Hall–Kier alpha value is -3.41. The van der Waals surface area contributed by atoms with Gasteiger partial charge in [0.1, 0.15) is 18.2 Å². The smallest absolute Gasteiger partial charge is 0.266 e. The molecule has 0 saturated heterocycles. The third kappa shape index (κ3) is 5.81. The van der Waals surface area contributed by atoms with Crippen LogP contribution in [0, 0.1) is 23.7 Å². The van der Waals surface area contributed by atoms with Gasteiger partial charge in [0.15, 0.2) is 11.5 Å². The number of hydrogen-bond donors (Lipinski definition) is 1. The van der Waals surface area contributed by atoms with Gasteiger partial charge in [0, 0.05) is 10.7 Å². The molecule has 0 spiro atoms. The van der Waals surface area contributed by atoms with E-state index in [2.05, 4.69) is 11.2 Å². The Balaban J connectivity index is 2.24. The molecule has 1 N–H and O–H groups in total. The molecule has 0 aliphatic carbocycles. The molecule has 27 heavy (non-hydrogen) atoms. The van der Waals surface area contributed by atoms with Gasteiger partial charge in [-0.2, -0.15) is 5.26 Å². The monoisotopic (exact) mass is 380 g/mol. The molecule has 1 amide bonds. The van der Waals surface area contributed by atoms with Crippen molar-refractivity contribution in [3.63, 3.8) is 0 Å². The van der Waals surface area contributed by atoms with Crippen molar-refractivity contribution in [1.29, 1.82) is 5.26 Å². The average Bonchev–Trinajstić information content (AvgIpc) is 2.67. The first-order valence-corrected chi connectivity index (χ1v) is 8.47. The van der Waals surface area contributed by atoms with Crippen LogP contribution in [0.5, 0.6) is 11.5 Å². The number of ether oxygens (including phenoxy) is 2. The largest absolute Gasteiger partial charge is 0.490 e. The highest BCUT2D eigenvalue weighted by Crippen LogP contribution is 2.29. The lowest BCUT2D eigenvalue weighted by Crippen LogP contribution is -2.13. The Labute approximate surface area is 163 Å². The van der Waals surface area contributed by atoms with Crippen LogP contribution in [0.2, 0.25) is 5.02 Å². The Morgan fingerprint density at radius 1 is 1.22 bits per heavy atom. The van der Waals surface area contributed by atoms with Crippen molar-refractivity contribution in [2.45, 2.75) is 6.92 Å². The summed E-state index contributed by atoms with van der Waals surface area (Å²) in [5, 5.41) is 12.6. The van der Waals surface area contributed by atoms with E-state index in [0.717, 1.165) is 0 Å². The molecule has 2 aromatic carbocycles. The molecule has 2 rings (SSSR count). The van der Waals surface area contributed by atoms with Crippen molar-refractivity contribution in [2.24, 2.45) is 0 Å². The number of carbonyl (C=O) groups excluding carboxylic acids is 1. The van der Waals surface area contributed by atoms with Gasteiger partial charge in [-0.3, -0.25) is 4.79 Å². The number of terminal acetylenes is 1. The molecule has 0 aliphatic heterocycles. The molecule has 5 nitrogen and oxygen atoms in total. The van der Waals surface area contributed by atoms with Gasteiger partial charge in [-0.1, -0.05) is 23.6 Å². The van der Waals surface area contributed by atoms with Gasteiger partial charge in [0.05, 0.1) is 6.61 Å². The fourth-order valence-electron chi connectivity index (χ4n) is 2.17. The quantitative estimate of drug-likeness (QED) is 0.441. The topological polar surface area (TPSA) is 71.3 Å². The van der Waals surface area contributed by atoms with Crippen LogP contribution in [0.1, 0.15) is 12.5 Å². The SMILES string of the molecule is C#CCOc1ccc(/C=C(\C#N)C(=O)Nc2ccc(Cl)cc2)cc1OCC. The zero-order valence-corrected chi connectivity index (χ0v) is 15.4. The van der Waals surface area contributed by atoms with Gasteiger partial charge in [0.25, 0.3) is 5.91 Å². The molecule has 0 bridgehead atoms. The van der Waals surface area contributed by atoms with Crippen molar-refractivity contribution in [1.82, 2.24) is 0 Å². The molecule has 0 fully saturated rings. The van der Waals surface area contributed by atoms with Crippen LogP contribution in [-0.4, -0.2) is 19.1 Å². The highest BCUT2D eigenvalue weighted by atomic mass is 35.5. The summed E-state index contributed by atoms with van der Waals surface area (Å²) in [5.41, 5.74) is 1.11. The van der Waals surface area contributed by atoms with Crippen LogP contribution in [0.3, 0.4) is 0 Å². The van der Waals surface area contributed by atoms with Crippen molar-refractivity contribution in [3.05, 3.63) is 58.6 Å². The fourth-order valence-corrected chi connectivity index (χ4v) is 2.29. The molecular formula is C21H17ClN2O3. The van der Waals surface area contributed by atoms with Crippen LogP contribution in [0.4, 0.5) is 5.69 Å². The zero-order valence-electron chi connectivity index (χ0n) is 14.7. The Kier molecular flexibility index (Phi) is 7.31. The van der Waals surface area contributed by atoms with Gasteiger partial charge >= 0.3 is 0 Å². The first-order valence-electron chi connectivity index (χ1n) is 8.09. The third-order valence-corrected chi connectivity index (χ3v) is 3.61. The number of rotatable bonds is 7. The second-order valence-electron chi connectivity index (χ2n) is 5.26. The van der Waals surface area contributed by atoms with E-state index < -0.39 is 5.91 Å². The molecule has 0 unspecified atom stereocenters. The summed E-state index contributed by atoms with van der Waals surface area (Å²) in [6.07, 6.45) is 6.68. The highest BCUT2D eigenvalue weighted by molar-refractivity contribution is 6.30. The maximum Gasteiger partial charge on any atom is 0.266 e. The molecule has 0 heterocycles. The summed E-state index contributed by atoms with van der Waals surface area (Å²) in [7, 11) is 0. The number of nitriles is 1. The number of anilines is 1. The van der Waals surface area contributed by atoms with Crippen molar-refractivity contribution in [2.75, 3.05) is 18.5 Å². The first-order chi connectivity index (χ1) is 13.1. The molecule has 0 atom stereocenters. The lowest BCUT2D eigenvalue weighted by molar-refractivity contribution is -0.112. The maximum atomic E-state index is 12.3. The van der Waals surface area contributed by atoms with Gasteiger partial charge in [-0.05, 0) is 55.0 Å². The van der Waals surface area contributed by atoms with Crippen molar-refractivity contribution in [3.8, 4) is 29.9 Å². The number of amides is 1. The number of nitrogens with zero attached hydrogens (tertiary/aromatic N) is 1. The van der Waals surface area contributed by atoms with E-state index in [-0.39, 0.29) is 12.2 Å². The standard InChI is InChI=1S/C21H17ClN2O3/c1-3-11-27-19-10-5-15(13-20(19)26-4-2)12-16(14-23)21(25)24-18-8-6-17(22)7-9-18/h1,5-10,12-13H,4,11H2,2H3,(H,24,25)/b16-12+. The number of nitrogens with one attached hydrogen (secondary N) is 1. The van der Waals surface area contributed by atoms with Crippen molar-refractivity contribution < 1.29 is 14.3 Å². The van der Waals surface area contributed by atoms with E-state index >= 15 is 0 Å². The zero-order chi connectivity index (χ0) is 19.6. The van der Waals surface area contributed by atoms with Gasteiger partial charge in [-0.15, -0.1) is 6.42 Å². The number of benzene rings is 2. The predicted octanol–water partition coefficient (Wildman–Crippen LogP) is 4.30. The van der Waals surface area contributed by atoms with E-state index in [4.69, 9.17) is 27.5 Å². The van der Waals surface area contributed by atoms with E-state index in [0.29, 0.717) is 34.4 Å². The molecule has 6 heteroatoms. The van der Waals surface area contributed by atoms with E-state index in [1.807, 2.05) is 13.0 Å². The van der Waals surface area contributed by atoms with E-state index in [1.54, 1.807) is 42.5 Å². The van der Waals surface area contributed by atoms with Crippen LogP contribution >= 0.6 is 11.6 Å². The lowest BCUT2D eigenvalue weighted by Gasteiger charge is -2.11. The molecule has 0 aromatic heterocycles. The number of carbonyl (C=O) groups is 1. The molecular weight excluding hydrogens is 364 g/mol. The highest BCUT2D eigenvalue weighted by Gasteiger charge is 2.11. The number of hydrogen-bond acceptors (Lipinski definition) is 4. The van der Waals surface area contributed by atoms with Crippen LogP contribution in [0.15, 0.2) is 48.0 Å². The first kappa shape index (κ1) is 19.9. The average molecular weight is 381 g/mol. The summed E-state index contributed by atoms with van der Waals surface area (Å²) in [6.45, 7) is 2.39. The summed E-state index contributed by atoms with van der Waals surface area (Å²) in [5.74, 6) is 2.85. The normalized spacial score (nSPS) is 10.4. The summed E-state index contributed by atoms with van der Waals surface area (Å²) < 4.78 is 11.0. The summed E-state index contributed by atoms with van der Waals surface area (Å²) in [6, 6.07) is 13.6. The van der Waals surface area contributed by atoms with E-state index in [9.17, 15) is 10.1 Å². The summed E-state index contributed by atoms with van der Waals surface area (Å²) >= 11 is 5.82. The molecule has 2 aromatic rings. The Morgan fingerprint density at radius 3 is 2.59 bits per heavy atom. The minimum Gasteiger partial charge on any atom is -0.490 e. The molecule has 0 aliphatic rings. The minimum absolute atomic E-state index is 0.0512. The Morgan fingerprint density at radius 2 is 1.96 bits per heavy atom. The van der Waals surface area contributed by atoms with Crippen molar-refractivity contribution >= 4 is 29.3 Å². The molecule has 0 saturated carbocycles. The van der Waals surface area contributed by atoms with Gasteiger partial charge < -0.3 is 14.8 Å². The molecule has 0 radical (unpaired) electrons. The van der Waals surface area contributed by atoms with Crippen LogP contribution < -0.4 is 14.8 Å². The molecule has 136 valence electrons. The number of halogens is 1. The van der Waals surface area contributed by atoms with Gasteiger partial charge in [-0.25, -0.2) is 0 Å². The Bertz CT molecular complexity index is 922. The second kappa shape index (κ2) is 9.91. The maximum absolute atomic E-state index is 12.3. The van der Waals surface area contributed by atoms with E-state index in [1.165, 1.54) is 6.08 Å². The lowest BCUT2D eigenvalue weighted by atomic mass is 10.1. The minimum atomic E-state index is -0.523. The summed E-state index contributed by atoms with van der Waals surface area (Å²) in [4.78, 5) is 12.3. The van der Waals surface area contributed by atoms with Crippen LogP contribution in [0.25, 0.3) is 6.08 Å². The predicted molar refractivity (Wildman–Crippen MR) is 106 cm³/mol. The second-order valence-corrected chi connectivity index (χ2v) is 5.70. The van der Waals surface area contributed by atoms with Crippen LogP contribution in [-0.2, 0) is 4.79 Å².